The summed E-state index contributed by atoms with van der Waals surface area (Å²) in [5.41, 5.74) is -1.42. The zero-order valence-corrected chi connectivity index (χ0v) is 18.2. The molecule has 2 aliphatic heterocycles. The van der Waals surface area contributed by atoms with Crippen molar-refractivity contribution in [3.63, 3.8) is 0 Å². The van der Waals surface area contributed by atoms with Gasteiger partial charge >= 0.3 is 0 Å². The predicted molar refractivity (Wildman–Crippen MR) is 116 cm³/mol. The molecule has 1 saturated heterocycles. The summed E-state index contributed by atoms with van der Waals surface area (Å²) < 4.78 is 31.6. The van der Waals surface area contributed by atoms with E-state index in [0.717, 1.165) is 11.8 Å². The zero-order valence-electron chi connectivity index (χ0n) is 16.6. The van der Waals surface area contributed by atoms with Crippen molar-refractivity contribution in [1.29, 1.82) is 0 Å². The molecule has 0 saturated carbocycles. The van der Waals surface area contributed by atoms with Gasteiger partial charge in [-0.1, -0.05) is 0 Å². The maximum absolute atomic E-state index is 13.1. The van der Waals surface area contributed by atoms with Gasteiger partial charge in [0.25, 0.3) is 10.9 Å². The van der Waals surface area contributed by atoms with Crippen LogP contribution in [0.3, 0.4) is 0 Å². The van der Waals surface area contributed by atoms with E-state index >= 15 is 0 Å². The zero-order chi connectivity index (χ0) is 22.2. The fourth-order valence-corrected chi connectivity index (χ4v) is 6.73. The summed E-state index contributed by atoms with van der Waals surface area (Å²) in [5, 5.41) is 14.8. The standard InChI is InChI=1S/C18H21N5O6S2/c1-2-29-16-12(14(25)15(16)26)21-11-10-30-17(13(11)24)31(27,28)23-8-6-22(7-9-23)18-19-4-3-5-20-18/h3-5,10,13,17,21,24H,2,6-9H2,1H3. The Labute approximate surface area is 182 Å². The van der Waals surface area contributed by atoms with Crippen LogP contribution in [0, 0.1) is 0 Å². The molecule has 4 rings (SSSR count). The second kappa shape index (κ2) is 8.57. The largest absolute Gasteiger partial charge is 0.488 e. The number of thioether (sulfide) groups is 1. The molecule has 1 fully saturated rings. The molecule has 2 atom stereocenters. The number of nitrogens with zero attached hydrogens (tertiary/aromatic N) is 4. The van der Waals surface area contributed by atoms with Gasteiger partial charge in [0.2, 0.25) is 16.0 Å². The number of aliphatic hydroxyl groups excluding tert-OH is 1. The summed E-state index contributed by atoms with van der Waals surface area (Å²) in [6.07, 6.45) is 1.87. The number of anilines is 2. The van der Waals surface area contributed by atoms with Crippen molar-refractivity contribution in [1.82, 2.24) is 14.3 Å². The molecule has 0 bridgehead atoms. The first-order valence-corrected chi connectivity index (χ1v) is 12.1. The summed E-state index contributed by atoms with van der Waals surface area (Å²) >= 11 is 0.947. The van der Waals surface area contributed by atoms with Crippen LogP contribution in [0.25, 0.3) is 0 Å². The monoisotopic (exact) mass is 467 g/mol. The van der Waals surface area contributed by atoms with E-state index in [1.807, 2.05) is 4.90 Å². The lowest BCUT2D eigenvalue weighted by atomic mass is 10.2. The lowest BCUT2D eigenvalue weighted by Crippen LogP contribution is -2.52. The predicted octanol–water partition coefficient (Wildman–Crippen LogP) is -0.690. The molecule has 31 heavy (non-hydrogen) atoms. The summed E-state index contributed by atoms with van der Waals surface area (Å²) in [4.78, 5) is 33.7. The molecule has 1 aromatic heterocycles. The number of aliphatic hydroxyl groups is 1. The number of rotatable bonds is 7. The molecule has 1 aromatic carbocycles. The van der Waals surface area contributed by atoms with Gasteiger partial charge in [0.05, 0.1) is 12.3 Å². The van der Waals surface area contributed by atoms with Gasteiger partial charge in [-0.05, 0) is 18.4 Å². The van der Waals surface area contributed by atoms with Gasteiger partial charge in [-0.3, -0.25) is 9.59 Å². The molecule has 2 aromatic rings. The number of aromatic nitrogens is 2. The number of hydrogen-bond acceptors (Lipinski definition) is 11. The smallest absolute Gasteiger partial charge is 0.272 e. The average Bonchev–Trinajstić information content (AvgIpc) is 3.17. The summed E-state index contributed by atoms with van der Waals surface area (Å²) in [6, 6.07) is 1.71. The van der Waals surface area contributed by atoms with E-state index < -0.39 is 31.6 Å². The minimum atomic E-state index is -3.83. The van der Waals surface area contributed by atoms with Crippen LogP contribution in [0.1, 0.15) is 6.92 Å². The van der Waals surface area contributed by atoms with Gasteiger partial charge in [-0.15, -0.1) is 11.8 Å². The van der Waals surface area contributed by atoms with Crippen LogP contribution in [0.15, 0.2) is 39.2 Å². The molecule has 166 valence electrons. The third kappa shape index (κ3) is 3.93. The first-order valence-electron chi connectivity index (χ1n) is 9.62. The van der Waals surface area contributed by atoms with Crippen molar-refractivity contribution in [2.75, 3.05) is 43.0 Å². The Balaban J connectivity index is 1.41. The first-order chi connectivity index (χ1) is 14.8. The molecule has 11 nitrogen and oxygen atoms in total. The second-order valence-electron chi connectivity index (χ2n) is 6.92. The maximum atomic E-state index is 13.1. The van der Waals surface area contributed by atoms with Crippen molar-refractivity contribution in [2.45, 2.75) is 17.6 Å². The number of sulfonamides is 1. The number of hydrogen-bond donors (Lipinski definition) is 2. The third-order valence-electron chi connectivity index (χ3n) is 5.06. The quantitative estimate of drug-likeness (QED) is 0.500. The van der Waals surface area contributed by atoms with Crippen LogP contribution >= 0.6 is 11.8 Å². The number of nitrogens with one attached hydrogen (secondary N) is 1. The summed E-state index contributed by atoms with van der Waals surface area (Å²) in [7, 11) is -3.83. The number of ether oxygens (including phenoxy) is 1. The van der Waals surface area contributed by atoms with Crippen molar-refractivity contribution < 1.29 is 18.3 Å². The highest BCUT2D eigenvalue weighted by molar-refractivity contribution is 8.14. The normalized spacial score (nSPS) is 22.5. The van der Waals surface area contributed by atoms with Gasteiger partial charge in [0.15, 0.2) is 10.3 Å². The van der Waals surface area contributed by atoms with E-state index in [0.29, 0.717) is 19.0 Å². The van der Waals surface area contributed by atoms with Gasteiger partial charge in [-0.25, -0.2) is 18.4 Å². The van der Waals surface area contributed by atoms with Crippen LogP contribution < -0.4 is 25.8 Å². The topological polar surface area (TPSA) is 142 Å². The first kappa shape index (κ1) is 21.7. The third-order valence-corrected chi connectivity index (χ3v) is 8.97. The molecule has 2 N–H and O–H groups in total. The van der Waals surface area contributed by atoms with E-state index in [2.05, 4.69) is 15.3 Å². The fourth-order valence-electron chi connectivity index (χ4n) is 3.42. The summed E-state index contributed by atoms with van der Waals surface area (Å²) in [6.45, 7) is 3.20. The molecular formula is C18H21N5O6S2. The van der Waals surface area contributed by atoms with Crippen molar-refractivity contribution in [3.05, 3.63) is 50.0 Å². The van der Waals surface area contributed by atoms with Gasteiger partial charge in [-0.2, -0.15) is 4.31 Å². The molecule has 0 amide bonds. The maximum Gasteiger partial charge on any atom is 0.272 e. The highest BCUT2D eigenvalue weighted by Crippen LogP contribution is 2.37. The van der Waals surface area contributed by atoms with Crippen molar-refractivity contribution in [3.8, 4) is 5.75 Å². The Morgan fingerprint density at radius 2 is 1.87 bits per heavy atom. The lowest BCUT2D eigenvalue weighted by Gasteiger charge is -2.35. The minimum absolute atomic E-state index is 0.0627. The van der Waals surface area contributed by atoms with Crippen LogP contribution in [-0.2, 0) is 10.0 Å². The molecule has 3 heterocycles. The SMILES string of the molecule is CCOc1c(NC2=CSC(S(=O)(=O)N3CCN(c4ncccn4)CC3)C2O)c(=O)c1=O. The highest BCUT2D eigenvalue weighted by Gasteiger charge is 2.44. The fraction of sp³-hybridized carbons (Fsp3) is 0.444. The van der Waals surface area contributed by atoms with Crippen LogP contribution in [-0.4, -0.2) is 71.3 Å². The van der Waals surface area contributed by atoms with Crippen LogP contribution in [0.4, 0.5) is 11.6 Å². The lowest BCUT2D eigenvalue weighted by molar-refractivity contribution is 0.226. The van der Waals surface area contributed by atoms with Gasteiger partial charge in [0, 0.05) is 38.6 Å². The van der Waals surface area contributed by atoms with E-state index in [9.17, 15) is 23.1 Å². The van der Waals surface area contributed by atoms with Crippen LogP contribution in [0.5, 0.6) is 5.75 Å². The Hall–Kier alpha value is -2.48. The van der Waals surface area contributed by atoms with E-state index in [4.69, 9.17) is 4.74 Å². The Morgan fingerprint density at radius 1 is 1.19 bits per heavy atom. The molecular weight excluding hydrogens is 446 g/mol. The molecule has 0 aliphatic carbocycles. The molecule has 0 radical (unpaired) electrons. The molecule has 0 spiro atoms. The Bertz CT molecular complexity index is 1150. The van der Waals surface area contributed by atoms with Crippen LogP contribution in [0.2, 0.25) is 0 Å². The second-order valence-corrected chi connectivity index (χ2v) is 10.3. The highest BCUT2D eigenvalue weighted by atomic mass is 32.3. The van der Waals surface area contributed by atoms with E-state index in [1.54, 1.807) is 25.4 Å². The Kier molecular flexibility index (Phi) is 6.01. The van der Waals surface area contributed by atoms with E-state index in [1.165, 1.54) is 9.71 Å². The average molecular weight is 468 g/mol. The Morgan fingerprint density at radius 3 is 2.52 bits per heavy atom. The van der Waals surface area contributed by atoms with E-state index in [-0.39, 0.29) is 36.8 Å². The van der Waals surface area contributed by atoms with Crippen molar-refractivity contribution in [2.24, 2.45) is 0 Å². The molecule has 13 heteroatoms. The minimum Gasteiger partial charge on any atom is -0.488 e. The molecule has 2 unspecified atom stereocenters. The molecule has 2 aliphatic rings. The summed E-state index contributed by atoms with van der Waals surface area (Å²) in [5.74, 6) is 0.442. The van der Waals surface area contributed by atoms with Gasteiger partial charge < -0.3 is 20.1 Å². The number of piperazine rings is 1. The van der Waals surface area contributed by atoms with Crippen molar-refractivity contribution >= 4 is 33.4 Å². The van der Waals surface area contributed by atoms with Gasteiger partial charge in [0.1, 0.15) is 11.8 Å².